The van der Waals surface area contributed by atoms with Gasteiger partial charge >= 0.3 is 0 Å². The molecule has 0 saturated carbocycles. The van der Waals surface area contributed by atoms with Crippen molar-refractivity contribution in [1.29, 1.82) is 0 Å². The number of rotatable bonds is 3. The SMILES string of the molecule is NCCCc1coc2cccc(Br)c12. The lowest BCUT2D eigenvalue weighted by Gasteiger charge is -1.97. The zero-order chi connectivity index (χ0) is 9.97. The van der Waals surface area contributed by atoms with Crippen molar-refractivity contribution in [3.63, 3.8) is 0 Å². The van der Waals surface area contributed by atoms with E-state index in [-0.39, 0.29) is 0 Å². The normalized spacial score (nSPS) is 11.0. The number of furan rings is 1. The first-order valence-electron chi connectivity index (χ1n) is 4.67. The van der Waals surface area contributed by atoms with E-state index in [1.165, 1.54) is 10.9 Å². The van der Waals surface area contributed by atoms with Crippen LogP contribution in [-0.2, 0) is 6.42 Å². The summed E-state index contributed by atoms with van der Waals surface area (Å²) in [5.74, 6) is 0. The van der Waals surface area contributed by atoms with E-state index < -0.39 is 0 Å². The van der Waals surface area contributed by atoms with Crippen molar-refractivity contribution in [2.75, 3.05) is 6.54 Å². The van der Waals surface area contributed by atoms with Crippen LogP contribution >= 0.6 is 15.9 Å². The maximum absolute atomic E-state index is 5.48. The summed E-state index contributed by atoms with van der Waals surface area (Å²) in [5, 5.41) is 1.18. The molecule has 0 aliphatic carbocycles. The van der Waals surface area contributed by atoms with Crippen LogP contribution in [-0.4, -0.2) is 6.54 Å². The number of nitrogens with two attached hydrogens (primary N) is 1. The van der Waals surface area contributed by atoms with Gasteiger partial charge < -0.3 is 10.2 Å². The summed E-state index contributed by atoms with van der Waals surface area (Å²) >= 11 is 3.53. The van der Waals surface area contributed by atoms with Gasteiger partial charge in [-0.25, -0.2) is 0 Å². The Kier molecular flexibility index (Phi) is 2.89. The van der Waals surface area contributed by atoms with Crippen molar-refractivity contribution in [2.45, 2.75) is 12.8 Å². The first-order valence-corrected chi connectivity index (χ1v) is 5.47. The van der Waals surface area contributed by atoms with E-state index in [0.29, 0.717) is 0 Å². The Labute approximate surface area is 91.2 Å². The molecule has 2 N–H and O–H groups in total. The number of aryl methyl sites for hydroxylation is 1. The highest BCUT2D eigenvalue weighted by atomic mass is 79.9. The van der Waals surface area contributed by atoms with Crippen LogP contribution in [0.3, 0.4) is 0 Å². The minimum absolute atomic E-state index is 0.719. The Hall–Kier alpha value is -0.800. The molecule has 14 heavy (non-hydrogen) atoms. The van der Waals surface area contributed by atoms with Crippen molar-refractivity contribution in [2.24, 2.45) is 5.73 Å². The molecule has 1 aromatic carbocycles. The maximum Gasteiger partial charge on any atom is 0.135 e. The highest BCUT2D eigenvalue weighted by Crippen LogP contribution is 2.29. The van der Waals surface area contributed by atoms with Gasteiger partial charge in [0.1, 0.15) is 5.58 Å². The van der Waals surface area contributed by atoms with Gasteiger partial charge in [-0.3, -0.25) is 0 Å². The summed E-state index contributed by atoms with van der Waals surface area (Å²) in [6.45, 7) is 0.719. The molecule has 2 rings (SSSR count). The number of hydrogen-bond donors (Lipinski definition) is 1. The molecule has 0 aliphatic heterocycles. The Morgan fingerprint density at radius 1 is 1.36 bits per heavy atom. The second-order valence-electron chi connectivity index (χ2n) is 3.27. The fourth-order valence-corrected chi connectivity index (χ4v) is 2.19. The highest BCUT2D eigenvalue weighted by molar-refractivity contribution is 9.10. The molecule has 0 radical (unpaired) electrons. The average molecular weight is 254 g/mol. The van der Waals surface area contributed by atoms with E-state index in [2.05, 4.69) is 15.9 Å². The van der Waals surface area contributed by atoms with Gasteiger partial charge in [-0.1, -0.05) is 22.0 Å². The smallest absolute Gasteiger partial charge is 0.135 e. The highest BCUT2D eigenvalue weighted by Gasteiger charge is 2.07. The minimum atomic E-state index is 0.719. The van der Waals surface area contributed by atoms with Crippen LogP contribution in [0.15, 0.2) is 33.4 Å². The average Bonchev–Trinajstić information content (AvgIpc) is 2.59. The molecule has 3 heteroatoms. The van der Waals surface area contributed by atoms with E-state index >= 15 is 0 Å². The predicted molar refractivity (Wildman–Crippen MR) is 61.3 cm³/mol. The van der Waals surface area contributed by atoms with Gasteiger partial charge in [-0.15, -0.1) is 0 Å². The fourth-order valence-electron chi connectivity index (χ4n) is 1.58. The third kappa shape index (κ3) is 1.70. The van der Waals surface area contributed by atoms with Crippen molar-refractivity contribution in [3.8, 4) is 0 Å². The van der Waals surface area contributed by atoms with Gasteiger partial charge in [-0.2, -0.15) is 0 Å². The first kappa shape index (κ1) is 9.74. The van der Waals surface area contributed by atoms with E-state index in [0.717, 1.165) is 29.4 Å². The number of benzene rings is 1. The zero-order valence-corrected chi connectivity index (χ0v) is 9.38. The molecule has 0 fully saturated rings. The first-order chi connectivity index (χ1) is 6.83. The summed E-state index contributed by atoms with van der Waals surface area (Å²) in [7, 11) is 0. The molecule has 0 atom stereocenters. The number of hydrogen-bond acceptors (Lipinski definition) is 2. The van der Waals surface area contributed by atoms with Gasteiger partial charge in [0, 0.05) is 9.86 Å². The maximum atomic E-state index is 5.48. The minimum Gasteiger partial charge on any atom is -0.464 e. The molecular formula is C11H12BrNO. The molecule has 0 bridgehead atoms. The zero-order valence-electron chi connectivity index (χ0n) is 7.79. The summed E-state index contributed by atoms with van der Waals surface area (Å²) in [6.07, 6.45) is 3.80. The van der Waals surface area contributed by atoms with Crippen LogP contribution in [0.1, 0.15) is 12.0 Å². The van der Waals surface area contributed by atoms with Crippen LogP contribution in [0.2, 0.25) is 0 Å². The molecular weight excluding hydrogens is 242 g/mol. The monoisotopic (exact) mass is 253 g/mol. The number of fused-ring (bicyclic) bond motifs is 1. The largest absolute Gasteiger partial charge is 0.464 e. The molecule has 0 spiro atoms. The molecule has 1 heterocycles. The van der Waals surface area contributed by atoms with Crippen LogP contribution in [0.4, 0.5) is 0 Å². The molecule has 0 unspecified atom stereocenters. The van der Waals surface area contributed by atoms with Gasteiger partial charge in [0.15, 0.2) is 0 Å². The van der Waals surface area contributed by atoms with Crippen LogP contribution < -0.4 is 5.73 Å². The Bertz CT molecular complexity index is 436. The van der Waals surface area contributed by atoms with Crippen molar-refractivity contribution < 1.29 is 4.42 Å². The van der Waals surface area contributed by atoms with E-state index in [4.69, 9.17) is 10.2 Å². The molecule has 0 saturated heterocycles. The van der Waals surface area contributed by atoms with Crippen molar-refractivity contribution in [1.82, 2.24) is 0 Å². The number of halogens is 1. The molecule has 0 aliphatic rings. The lowest BCUT2D eigenvalue weighted by molar-refractivity contribution is 0.609. The summed E-state index contributed by atoms with van der Waals surface area (Å²) < 4.78 is 6.55. The quantitative estimate of drug-likeness (QED) is 0.914. The third-order valence-electron chi connectivity index (χ3n) is 2.27. The molecule has 1 aromatic heterocycles. The Morgan fingerprint density at radius 3 is 3.00 bits per heavy atom. The topological polar surface area (TPSA) is 39.2 Å². The van der Waals surface area contributed by atoms with Gasteiger partial charge in [0.05, 0.1) is 6.26 Å². The lowest BCUT2D eigenvalue weighted by Crippen LogP contribution is -1.99. The second kappa shape index (κ2) is 4.15. The second-order valence-corrected chi connectivity index (χ2v) is 4.12. The Balaban J connectivity index is 2.45. The molecule has 2 aromatic rings. The van der Waals surface area contributed by atoms with Gasteiger partial charge in [-0.05, 0) is 37.1 Å². The van der Waals surface area contributed by atoms with E-state index in [9.17, 15) is 0 Å². The van der Waals surface area contributed by atoms with E-state index in [1.54, 1.807) is 0 Å². The Morgan fingerprint density at radius 2 is 2.21 bits per heavy atom. The van der Waals surface area contributed by atoms with Gasteiger partial charge in [0.2, 0.25) is 0 Å². The van der Waals surface area contributed by atoms with Crippen LogP contribution in [0, 0.1) is 0 Å². The molecule has 74 valence electrons. The van der Waals surface area contributed by atoms with Crippen LogP contribution in [0.5, 0.6) is 0 Å². The fraction of sp³-hybridized carbons (Fsp3) is 0.273. The summed E-state index contributed by atoms with van der Waals surface area (Å²) in [6, 6.07) is 5.98. The molecule has 0 amide bonds. The van der Waals surface area contributed by atoms with Crippen molar-refractivity contribution >= 4 is 26.9 Å². The van der Waals surface area contributed by atoms with Gasteiger partial charge in [0.25, 0.3) is 0 Å². The lowest BCUT2D eigenvalue weighted by atomic mass is 10.1. The predicted octanol–water partition coefficient (Wildman–Crippen LogP) is 3.09. The third-order valence-corrected chi connectivity index (χ3v) is 2.94. The standard InChI is InChI=1S/C11H12BrNO/c12-9-4-1-5-10-11(9)8(7-14-10)3-2-6-13/h1,4-5,7H,2-3,6,13H2. The van der Waals surface area contributed by atoms with E-state index in [1.807, 2.05) is 24.5 Å². The van der Waals surface area contributed by atoms with Crippen LogP contribution in [0.25, 0.3) is 11.0 Å². The summed E-state index contributed by atoms with van der Waals surface area (Å²) in [4.78, 5) is 0. The summed E-state index contributed by atoms with van der Waals surface area (Å²) in [5.41, 5.74) is 7.66. The van der Waals surface area contributed by atoms with Crippen molar-refractivity contribution in [3.05, 3.63) is 34.5 Å². The molecule has 2 nitrogen and oxygen atoms in total.